The Kier molecular flexibility index (Phi) is 6.72. The molecule has 1 saturated carbocycles. The van der Waals surface area contributed by atoms with E-state index in [4.69, 9.17) is 33.1 Å². The highest BCUT2D eigenvalue weighted by Crippen LogP contribution is 2.45. The van der Waals surface area contributed by atoms with Gasteiger partial charge < -0.3 is 15.3 Å². The number of piperidine rings is 1. The molecule has 9 heteroatoms. The summed E-state index contributed by atoms with van der Waals surface area (Å²) in [7, 11) is 0. The Labute approximate surface area is 185 Å². The van der Waals surface area contributed by atoms with Gasteiger partial charge in [0, 0.05) is 13.1 Å². The minimum atomic E-state index is -0.687. The number of aliphatic imine (C=N–C) groups is 1. The Bertz CT molecular complexity index is 873. The molecule has 1 aromatic rings. The van der Waals surface area contributed by atoms with Crippen molar-refractivity contribution < 1.29 is 19.5 Å². The third-order valence-corrected chi connectivity index (χ3v) is 7.05. The van der Waals surface area contributed by atoms with Crippen molar-refractivity contribution in [3.8, 4) is 0 Å². The summed E-state index contributed by atoms with van der Waals surface area (Å²) in [4.78, 5) is 40.7. The fourth-order valence-electron chi connectivity index (χ4n) is 4.80. The quantitative estimate of drug-likeness (QED) is 0.669. The molecule has 30 heavy (non-hydrogen) atoms. The molecule has 162 valence electrons. The molecule has 1 spiro atoms. The van der Waals surface area contributed by atoms with Gasteiger partial charge in [-0.3, -0.25) is 19.4 Å². The fraction of sp³-hybridized carbons (Fsp3) is 0.524. The molecule has 7 nitrogen and oxygen atoms in total. The van der Waals surface area contributed by atoms with E-state index in [-0.39, 0.29) is 18.3 Å². The molecule has 1 aromatic carbocycles. The van der Waals surface area contributed by atoms with Crippen molar-refractivity contribution in [2.75, 3.05) is 13.1 Å². The zero-order valence-electron chi connectivity index (χ0n) is 16.8. The number of carbonyl (C=O) groups is 3. The van der Waals surface area contributed by atoms with Crippen LogP contribution in [0.5, 0.6) is 0 Å². The van der Waals surface area contributed by atoms with Gasteiger partial charge in [0.15, 0.2) is 0 Å². The van der Waals surface area contributed by atoms with E-state index in [1.54, 1.807) is 6.07 Å². The number of nitrogens with zero attached hydrogens (tertiary/aromatic N) is 2. The first-order chi connectivity index (χ1) is 14.3. The summed E-state index contributed by atoms with van der Waals surface area (Å²) in [6, 6.07) is 5.55. The van der Waals surface area contributed by atoms with Crippen molar-refractivity contribution in [1.29, 1.82) is 0 Å². The van der Waals surface area contributed by atoms with Crippen molar-refractivity contribution in [2.45, 2.75) is 56.4 Å². The lowest BCUT2D eigenvalue weighted by atomic mass is 9.76. The molecule has 1 aliphatic carbocycles. The number of carboxylic acid groups (broad SMARTS) is 1. The number of nitrogens with one attached hydrogen (secondary N) is 1. The highest BCUT2D eigenvalue weighted by Gasteiger charge is 2.50. The molecule has 2 aliphatic heterocycles. The Balaban J connectivity index is 0.000000806. The van der Waals surface area contributed by atoms with Crippen LogP contribution in [0.4, 0.5) is 0 Å². The number of hydrogen-bond acceptors (Lipinski definition) is 4. The van der Waals surface area contributed by atoms with Crippen molar-refractivity contribution >= 4 is 47.3 Å². The number of hydrogen-bond donors (Lipinski definition) is 2. The Hall–Kier alpha value is -2.12. The minimum Gasteiger partial charge on any atom is -0.483 e. The Morgan fingerprint density at radius 1 is 1.17 bits per heavy atom. The van der Waals surface area contributed by atoms with E-state index in [1.165, 1.54) is 0 Å². The summed E-state index contributed by atoms with van der Waals surface area (Å²) in [5, 5.41) is 10.7. The topological polar surface area (TPSA) is 99.1 Å². The van der Waals surface area contributed by atoms with E-state index >= 15 is 0 Å². The van der Waals surface area contributed by atoms with Crippen LogP contribution in [0.1, 0.15) is 51.0 Å². The molecular formula is C21H25Cl2N3O4. The van der Waals surface area contributed by atoms with Crippen molar-refractivity contribution in [2.24, 2.45) is 4.99 Å². The van der Waals surface area contributed by atoms with Crippen molar-refractivity contribution in [1.82, 2.24) is 10.2 Å². The SMILES string of the molecule is CC1=NC2(CCN(C(=O)C3(c4ccc(Cl)c(Cl)c4)CCCC3)CC2)C(=O)N1.O=CO. The number of amides is 2. The molecule has 2 fully saturated rings. The van der Waals surface area contributed by atoms with E-state index in [0.29, 0.717) is 41.8 Å². The van der Waals surface area contributed by atoms with Gasteiger partial charge in [0.05, 0.1) is 15.5 Å². The predicted octanol–water partition coefficient (Wildman–Crippen LogP) is 3.42. The lowest BCUT2D eigenvalue weighted by Gasteiger charge is -2.40. The largest absolute Gasteiger partial charge is 0.483 e. The summed E-state index contributed by atoms with van der Waals surface area (Å²) in [6.45, 7) is 2.65. The van der Waals surface area contributed by atoms with E-state index in [1.807, 2.05) is 24.0 Å². The van der Waals surface area contributed by atoms with Gasteiger partial charge in [-0.2, -0.15) is 0 Å². The molecule has 3 aliphatic rings. The molecule has 0 radical (unpaired) electrons. The Morgan fingerprint density at radius 3 is 2.27 bits per heavy atom. The second-order valence-electron chi connectivity index (χ2n) is 8.00. The van der Waals surface area contributed by atoms with Crippen LogP contribution in [0, 0.1) is 0 Å². The van der Waals surface area contributed by atoms with Gasteiger partial charge in [0.2, 0.25) is 5.91 Å². The van der Waals surface area contributed by atoms with Crippen molar-refractivity contribution in [3.63, 3.8) is 0 Å². The van der Waals surface area contributed by atoms with Gasteiger partial charge in [-0.1, -0.05) is 42.1 Å². The molecule has 0 aromatic heterocycles. The zero-order chi connectivity index (χ0) is 21.9. The molecular weight excluding hydrogens is 429 g/mol. The van der Waals surface area contributed by atoms with Gasteiger partial charge in [-0.15, -0.1) is 0 Å². The maximum Gasteiger partial charge on any atom is 0.290 e. The van der Waals surface area contributed by atoms with Gasteiger partial charge in [-0.25, -0.2) is 0 Å². The maximum atomic E-state index is 13.6. The Morgan fingerprint density at radius 2 is 1.77 bits per heavy atom. The van der Waals surface area contributed by atoms with Crippen LogP contribution in [0.25, 0.3) is 0 Å². The standard InChI is InChI=1S/C20H23Cl2N3O2.CH2O2/c1-13-23-17(26)20(24-13)8-10-25(11-9-20)18(27)19(6-2-3-7-19)14-4-5-15(21)16(22)12-14;2-1-3/h4-5,12H,2-3,6-11H2,1H3,(H,23,24,26);1H,(H,2,3). The maximum absolute atomic E-state index is 13.6. The first kappa shape index (κ1) is 22.6. The molecule has 2 N–H and O–H groups in total. The average molecular weight is 454 g/mol. The van der Waals surface area contributed by atoms with Crippen LogP contribution >= 0.6 is 23.2 Å². The summed E-state index contributed by atoms with van der Waals surface area (Å²) < 4.78 is 0. The van der Waals surface area contributed by atoms with E-state index in [0.717, 1.165) is 31.2 Å². The first-order valence-corrected chi connectivity index (χ1v) is 10.7. The summed E-state index contributed by atoms with van der Waals surface area (Å²) in [5.41, 5.74) is -0.268. The summed E-state index contributed by atoms with van der Waals surface area (Å²) in [6.07, 6.45) is 4.83. The molecule has 0 atom stereocenters. The zero-order valence-corrected chi connectivity index (χ0v) is 18.3. The second kappa shape index (κ2) is 8.94. The van der Waals surface area contributed by atoms with Crippen LogP contribution in [0.2, 0.25) is 10.0 Å². The van der Waals surface area contributed by atoms with E-state index < -0.39 is 11.0 Å². The fourth-order valence-corrected chi connectivity index (χ4v) is 5.10. The third-order valence-electron chi connectivity index (χ3n) is 6.32. The van der Waals surface area contributed by atoms with Gasteiger partial charge in [0.1, 0.15) is 11.4 Å². The molecule has 2 amide bonds. The highest BCUT2D eigenvalue weighted by atomic mass is 35.5. The minimum absolute atomic E-state index is 0.0350. The van der Waals surface area contributed by atoms with Crippen LogP contribution < -0.4 is 5.32 Å². The second-order valence-corrected chi connectivity index (χ2v) is 8.81. The lowest BCUT2D eigenvalue weighted by Crippen LogP contribution is -2.54. The highest BCUT2D eigenvalue weighted by molar-refractivity contribution is 6.42. The number of amidine groups is 1. The van der Waals surface area contributed by atoms with Gasteiger partial charge >= 0.3 is 0 Å². The first-order valence-electron chi connectivity index (χ1n) is 9.99. The van der Waals surface area contributed by atoms with Crippen LogP contribution in [-0.4, -0.2) is 52.8 Å². The summed E-state index contributed by atoms with van der Waals surface area (Å²) in [5.74, 6) is 0.780. The van der Waals surface area contributed by atoms with Crippen molar-refractivity contribution in [3.05, 3.63) is 33.8 Å². The molecule has 0 bridgehead atoms. The normalized spacial score (nSPS) is 21.5. The smallest absolute Gasteiger partial charge is 0.290 e. The van der Waals surface area contributed by atoms with Crippen LogP contribution in [-0.2, 0) is 19.8 Å². The summed E-state index contributed by atoms with van der Waals surface area (Å²) >= 11 is 12.3. The number of halogens is 2. The number of rotatable bonds is 2. The third kappa shape index (κ3) is 4.05. The molecule has 0 unspecified atom stereocenters. The monoisotopic (exact) mass is 453 g/mol. The van der Waals surface area contributed by atoms with E-state index in [9.17, 15) is 9.59 Å². The van der Waals surface area contributed by atoms with Gasteiger partial charge in [-0.05, 0) is 50.3 Å². The number of likely N-dealkylation sites (tertiary alicyclic amines) is 1. The molecule has 4 rings (SSSR count). The van der Waals surface area contributed by atoms with Crippen LogP contribution in [0.15, 0.2) is 23.2 Å². The number of carbonyl (C=O) groups excluding carboxylic acids is 2. The molecule has 1 saturated heterocycles. The van der Waals surface area contributed by atoms with E-state index in [2.05, 4.69) is 10.3 Å². The predicted molar refractivity (Wildman–Crippen MR) is 115 cm³/mol. The number of benzene rings is 1. The average Bonchev–Trinajstić information content (AvgIpc) is 3.31. The van der Waals surface area contributed by atoms with Crippen LogP contribution in [0.3, 0.4) is 0 Å². The molecule has 2 heterocycles. The lowest BCUT2D eigenvalue weighted by molar-refractivity contribution is -0.140. The van der Waals surface area contributed by atoms with Gasteiger partial charge in [0.25, 0.3) is 12.4 Å².